The lowest BCUT2D eigenvalue weighted by Crippen LogP contribution is -2.62. The number of morpholine rings is 2. The van der Waals surface area contributed by atoms with Crippen LogP contribution >= 0.6 is 11.6 Å². The summed E-state index contributed by atoms with van der Waals surface area (Å²) in [5, 5.41) is 29.1. The molecule has 3 unspecified atom stereocenters. The zero-order valence-electron chi connectivity index (χ0n) is 21.7. The Morgan fingerprint density at radius 2 is 2.00 bits per heavy atom. The lowest BCUT2D eigenvalue weighted by atomic mass is 10.0. The van der Waals surface area contributed by atoms with Crippen molar-refractivity contribution in [1.29, 1.82) is 0 Å². The normalized spacial score (nSPS) is 28.7. The molecule has 2 aliphatic heterocycles. The molecular formula is C26H34ClFN5O4-. The second kappa shape index (κ2) is 9.92. The molecule has 1 aromatic carbocycles. The van der Waals surface area contributed by atoms with E-state index in [2.05, 4.69) is 14.9 Å². The number of nitrogens with one attached hydrogen (secondary N) is 1. The van der Waals surface area contributed by atoms with Crippen LogP contribution in [0.15, 0.2) is 24.5 Å². The van der Waals surface area contributed by atoms with Crippen molar-refractivity contribution in [3.8, 4) is 0 Å². The largest absolute Gasteiger partial charge is 0.758 e. The van der Waals surface area contributed by atoms with Crippen LogP contribution in [-0.4, -0.2) is 89.2 Å². The number of quaternary nitrogens is 1. The number of aromatic amines is 1. The lowest BCUT2D eigenvalue weighted by Gasteiger charge is -2.52. The Morgan fingerprint density at radius 1 is 1.27 bits per heavy atom. The van der Waals surface area contributed by atoms with Crippen molar-refractivity contribution in [2.75, 3.05) is 50.9 Å². The molecule has 2 saturated heterocycles. The third-order valence-corrected chi connectivity index (χ3v) is 7.58. The molecule has 4 atom stereocenters. The SMILES string of the molecule is CC1C[N+]([O-])(CCN2CC(C)(C)OCC2CN([O-])c2cc(Cl)cc3c2[nH]c2cncc(F)c23)C[C@@H](C)O1. The number of hydrogen-bond donors (Lipinski definition) is 1. The van der Waals surface area contributed by atoms with E-state index in [1.807, 2.05) is 27.7 Å². The summed E-state index contributed by atoms with van der Waals surface area (Å²) in [6.07, 6.45) is 2.50. The minimum absolute atomic E-state index is 0.0862. The van der Waals surface area contributed by atoms with Crippen LogP contribution in [0.3, 0.4) is 0 Å². The minimum atomic E-state index is -0.482. The quantitative estimate of drug-likeness (QED) is 0.284. The summed E-state index contributed by atoms with van der Waals surface area (Å²) in [7, 11) is 0. The Morgan fingerprint density at radius 3 is 2.73 bits per heavy atom. The summed E-state index contributed by atoms with van der Waals surface area (Å²) >= 11 is 6.36. The predicted molar refractivity (Wildman–Crippen MR) is 143 cm³/mol. The number of hydrogen-bond acceptors (Lipinski definition) is 7. The fourth-order valence-corrected chi connectivity index (χ4v) is 6.07. The summed E-state index contributed by atoms with van der Waals surface area (Å²) in [4.78, 5) is 9.23. The summed E-state index contributed by atoms with van der Waals surface area (Å²) in [6, 6.07) is 3.00. The van der Waals surface area contributed by atoms with Gasteiger partial charge in [0.15, 0.2) is 5.82 Å². The molecule has 11 heteroatoms. The third-order valence-electron chi connectivity index (χ3n) is 7.36. The van der Waals surface area contributed by atoms with Crippen LogP contribution in [0.2, 0.25) is 5.02 Å². The van der Waals surface area contributed by atoms with Crippen molar-refractivity contribution in [2.45, 2.75) is 51.5 Å². The van der Waals surface area contributed by atoms with Crippen molar-refractivity contribution in [2.24, 2.45) is 0 Å². The minimum Gasteiger partial charge on any atom is -0.758 e. The van der Waals surface area contributed by atoms with Crippen molar-refractivity contribution < 1.29 is 18.5 Å². The van der Waals surface area contributed by atoms with E-state index in [4.69, 9.17) is 21.1 Å². The predicted octanol–water partition coefficient (Wildman–Crippen LogP) is 4.41. The number of anilines is 1. The van der Waals surface area contributed by atoms with E-state index in [0.29, 0.717) is 71.8 Å². The molecule has 0 radical (unpaired) electrons. The van der Waals surface area contributed by atoms with E-state index in [1.54, 1.807) is 12.1 Å². The van der Waals surface area contributed by atoms with Gasteiger partial charge in [0.25, 0.3) is 0 Å². The zero-order chi connectivity index (χ0) is 26.5. The van der Waals surface area contributed by atoms with Gasteiger partial charge in [-0.05, 0) is 39.8 Å². The first-order valence-electron chi connectivity index (χ1n) is 12.7. The van der Waals surface area contributed by atoms with Crippen LogP contribution in [0.5, 0.6) is 0 Å². The van der Waals surface area contributed by atoms with Gasteiger partial charge in [-0.15, -0.1) is 0 Å². The number of hydroxylamine groups is 4. The highest BCUT2D eigenvalue weighted by atomic mass is 35.5. The Labute approximate surface area is 220 Å². The zero-order valence-corrected chi connectivity index (χ0v) is 22.4. The van der Waals surface area contributed by atoms with E-state index in [0.717, 1.165) is 11.3 Å². The molecule has 0 amide bonds. The molecule has 0 spiro atoms. The lowest BCUT2D eigenvalue weighted by molar-refractivity contribution is -0.895. The number of pyridine rings is 1. The van der Waals surface area contributed by atoms with E-state index in [1.165, 1.54) is 6.20 Å². The van der Waals surface area contributed by atoms with E-state index < -0.39 is 11.4 Å². The Balaban J connectivity index is 1.38. The maximum Gasteiger partial charge on any atom is 0.151 e. The van der Waals surface area contributed by atoms with Crippen molar-refractivity contribution in [3.63, 3.8) is 0 Å². The summed E-state index contributed by atoms with van der Waals surface area (Å²) in [6.45, 7) is 10.8. The van der Waals surface area contributed by atoms with Gasteiger partial charge < -0.3 is 34.6 Å². The first kappa shape index (κ1) is 26.6. The number of H-pyrrole nitrogens is 1. The van der Waals surface area contributed by atoms with Gasteiger partial charge in [-0.25, -0.2) is 4.39 Å². The molecule has 37 heavy (non-hydrogen) atoms. The van der Waals surface area contributed by atoms with Gasteiger partial charge in [0.2, 0.25) is 0 Å². The second-order valence-electron chi connectivity index (χ2n) is 11.2. The third kappa shape index (κ3) is 5.56. The molecule has 4 heterocycles. The molecule has 2 aromatic heterocycles. The number of halogens is 2. The fraction of sp³-hybridized carbons (Fsp3) is 0.577. The number of aromatic nitrogens is 2. The van der Waals surface area contributed by atoms with Crippen molar-refractivity contribution >= 4 is 39.1 Å². The Kier molecular flexibility index (Phi) is 7.12. The van der Waals surface area contributed by atoms with Crippen LogP contribution in [0, 0.1) is 16.2 Å². The molecule has 5 rings (SSSR count). The maximum atomic E-state index is 14.6. The van der Waals surface area contributed by atoms with E-state index >= 15 is 0 Å². The van der Waals surface area contributed by atoms with Crippen LogP contribution in [-0.2, 0) is 9.47 Å². The molecule has 0 aliphatic carbocycles. The molecule has 0 saturated carbocycles. The second-order valence-corrected chi connectivity index (χ2v) is 11.6. The van der Waals surface area contributed by atoms with Crippen LogP contribution < -0.4 is 5.06 Å². The highest BCUT2D eigenvalue weighted by Crippen LogP contribution is 2.36. The van der Waals surface area contributed by atoms with Crippen LogP contribution in [0.25, 0.3) is 21.8 Å². The van der Waals surface area contributed by atoms with Crippen LogP contribution in [0.1, 0.15) is 27.7 Å². The monoisotopic (exact) mass is 534 g/mol. The van der Waals surface area contributed by atoms with Gasteiger partial charge in [0.05, 0.1) is 53.9 Å². The number of rotatable bonds is 6. The molecule has 202 valence electrons. The van der Waals surface area contributed by atoms with E-state index in [-0.39, 0.29) is 29.4 Å². The topological polar surface area (TPSA) is 99.7 Å². The molecule has 3 aromatic rings. The fourth-order valence-electron chi connectivity index (χ4n) is 5.85. The number of benzene rings is 1. The summed E-state index contributed by atoms with van der Waals surface area (Å²) < 4.78 is 26.1. The molecule has 0 bridgehead atoms. The standard InChI is InChI=1S/C26H34ClFN5O4/c1-16-12-33(35,13-17(2)37-16)6-5-31-15-26(3,4)36-14-19(31)11-32(34)23-8-18(27)7-20-24-21(28)9-29-10-22(24)30-25(20)23/h7-10,16-17,19,30H,5-6,11-15H2,1-4H3/q-1/t16-,17?,19?,33?/m1/s1. The smallest absolute Gasteiger partial charge is 0.151 e. The van der Waals surface area contributed by atoms with Gasteiger partial charge in [0.1, 0.15) is 25.3 Å². The molecule has 1 N–H and O–H groups in total. The first-order chi connectivity index (χ1) is 17.4. The number of ether oxygens (including phenoxy) is 2. The van der Waals surface area contributed by atoms with Crippen LogP contribution in [0.4, 0.5) is 10.1 Å². The highest BCUT2D eigenvalue weighted by molar-refractivity contribution is 6.32. The molecule has 2 aliphatic rings. The Hall–Kier alpha value is -2.05. The van der Waals surface area contributed by atoms with Gasteiger partial charge in [-0.3, -0.25) is 9.88 Å². The van der Waals surface area contributed by atoms with Gasteiger partial charge in [-0.1, -0.05) is 11.6 Å². The first-order valence-corrected chi connectivity index (χ1v) is 13.1. The maximum absolute atomic E-state index is 14.6. The molecule has 9 nitrogen and oxygen atoms in total. The van der Waals surface area contributed by atoms with E-state index in [9.17, 15) is 14.8 Å². The summed E-state index contributed by atoms with van der Waals surface area (Å²) in [5.74, 6) is -0.482. The van der Waals surface area contributed by atoms with Gasteiger partial charge in [-0.2, -0.15) is 0 Å². The highest BCUT2D eigenvalue weighted by Gasteiger charge is 2.37. The average Bonchev–Trinajstić information content (AvgIpc) is 3.17. The number of nitrogens with zero attached hydrogens (tertiary/aromatic N) is 4. The average molecular weight is 535 g/mol. The van der Waals surface area contributed by atoms with Gasteiger partial charge >= 0.3 is 0 Å². The molecule has 2 fully saturated rings. The number of fused-ring (bicyclic) bond motifs is 3. The van der Waals surface area contributed by atoms with Gasteiger partial charge in [0, 0.05) is 35.4 Å². The summed E-state index contributed by atoms with van der Waals surface area (Å²) in [5.41, 5.74) is 0.931. The molecular weight excluding hydrogens is 501 g/mol. The Bertz CT molecular complexity index is 1280. The van der Waals surface area contributed by atoms with Crippen molar-refractivity contribution in [1.82, 2.24) is 14.9 Å². The van der Waals surface area contributed by atoms with Crippen molar-refractivity contribution in [3.05, 3.63) is 45.8 Å².